The van der Waals surface area contributed by atoms with Crippen molar-refractivity contribution in [2.75, 3.05) is 38.1 Å². The molecule has 0 amide bonds. The van der Waals surface area contributed by atoms with Crippen molar-refractivity contribution in [3.63, 3.8) is 0 Å². The first kappa shape index (κ1) is 13.5. The van der Waals surface area contributed by atoms with Gasteiger partial charge in [-0.3, -0.25) is 0 Å². The summed E-state index contributed by atoms with van der Waals surface area (Å²) in [6.07, 6.45) is 0. The lowest BCUT2D eigenvalue weighted by Crippen LogP contribution is -2.44. The van der Waals surface area contributed by atoms with Gasteiger partial charge < -0.3 is 9.80 Å². The van der Waals surface area contributed by atoms with E-state index in [0.29, 0.717) is 0 Å². The van der Waals surface area contributed by atoms with Crippen LogP contribution in [0.1, 0.15) is 0 Å². The van der Waals surface area contributed by atoms with Crippen LogP contribution in [0.3, 0.4) is 0 Å². The van der Waals surface area contributed by atoms with Gasteiger partial charge in [0.25, 0.3) is 0 Å². The third kappa shape index (κ3) is 2.82. The van der Waals surface area contributed by atoms with E-state index in [1.807, 2.05) is 24.3 Å². The largest absolute Gasteiger partial charge is 0.369 e. The zero-order valence-electron chi connectivity index (χ0n) is 11.6. The number of hydrogen-bond donors (Lipinski definition) is 0. The first-order valence-electron chi connectivity index (χ1n) is 6.93. The van der Waals surface area contributed by atoms with Gasteiger partial charge in [0.15, 0.2) is 0 Å². The molecule has 2 aromatic carbocycles. The first-order chi connectivity index (χ1) is 9.74. The summed E-state index contributed by atoms with van der Waals surface area (Å²) in [7, 11) is 2.17. The van der Waals surface area contributed by atoms with Crippen LogP contribution in [0.4, 0.5) is 5.69 Å². The van der Waals surface area contributed by atoms with E-state index < -0.39 is 0 Å². The molecule has 1 aliphatic heterocycles. The minimum atomic E-state index is 0.788. The molecule has 1 fully saturated rings. The van der Waals surface area contributed by atoms with Gasteiger partial charge in [-0.2, -0.15) is 0 Å². The maximum Gasteiger partial charge on any atom is 0.0484 e. The molecule has 0 N–H and O–H groups in total. The van der Waals surface area contributed by atoms with Gasteiger partial charge in [0.2, 0.25) is 0 Å². The molecule has 3 rings (SSSR count). The third-order valence-corrected chi connectivity index (χ3v) is 4.16. The van der Waals surface area contributed by atoms with E-state index in [-0.39, 0.29) is 0 Å². The van der Waals surface area contributed by atoms with Crippen molar-refractivity contribution in [3.05, 3.63) is 53.6 Å². The fourth-order valence-corrected chi connectivity index (χ4v) is 2.80. The van der Waals surface area contributed by atoms with E-state index in [1.54, 1.807) is 0 Å². The van der Waals surface area contributed by atoms with Crippen molar-refractivity contribution in [1.29, 1.82) is 0 Å². The lowest BCUT2D eigenvalue weighted by molar-refractivity contribution is 0.313. The predicted molar refractivity (Wildman–Crippen MR) is 85.4 cm³/mol. The number of nitrogens with zero attached hydrogens (tertiary/aromatic N) is 2. The highest BCUT2D eigenvalue weighted by atomic mass is 35.5. The lowest BCUT2D eigenvalue weighted by Gasteiger charge is -2.34. The Morgan fingerprint density at radius 1 is 1.05 bits per heavy atom. The van der Waals surface area contributed by atoms with Gasteiger partial charge in [0, 0.05) is 42.5 Å². The van der Waals surface area contributed by atoms with Crippen molar-refractivity contribution in [2.24, 2.45) is 0 Å². The highest BCUT2D eigenvalue weighted by Crippen LogP contribution is 2.30. The van der Waals surface area contributed by atoms with Crippen LogP contribution in [0.5, 0.6) is 0 Å². The molecule has 0 unspecified atom stereocenters. The monoisotopic (exact) mass is 285 g/mol. The molecule has 0 saturated carbocycles. The van der Waals surface area contributed by atoms with Crippen LogP contribution in [-0.4, -0.2) is 38.1 Å². The zero-order valence-corrected chi connectivity index (χ0v) is 12.4. The van der Waals surface area contributed by atoms with E-state index in [1.165, 1.54) is 5.69 Å². The van der Waals surface area contributed by atoms with E-state index in [0.717, 1.165) is 42.3 Å². The van der Waals surface area contributed by atoms with Crippen LogP contribution in [0, 0.1) is 6.07 Å². The molecule has 0 bridgehead atoms. The summed E-state index contributed by atoms with van der Waals surface area (Å²) in [5, 5.41) is 0.788. The Hall–Kier alpha value is -1.51. The molecule has 1 radical (unpaired) electrons. The van der Waals surface area contributed by atoms with Crippen LogP contribution in [0.15, 0.2) is 42.5 Å². The number of anilines is 1. The molecule has 0 atom stereocenters. The Morgan fingerprint density at radius 2 is 1.80 bits per heavy atom. The molecular formula is C17H18ClN2. The molecule has 3 heteroatoms. The fraction of sp³-hybridized carbons (Fsp3) is 0.294. The summed E-state index contributed by atoms with van der Waals surface area (Å²) < 4.78 is 0. The molecule has 1 aliphatic rings. The van der Waals surface area contributed by atoms with Crippen molar-refractivity contribution in [2.45, 2.75) is 0 Å². The summed E-state index contributed by atoms with van der Waals surface area (Å²) in [5.74, 6) is 0. The van der Waals surface area contributed by atoms with E-state index in [2.05, 4.69) is 41.1 Å². The van der Waals surface area contributed by atoms with Gasteiger partial charge in [-0.15, -0.1) is 0 Å². The van der Waals surface area contributed by atoms with Crippen LogP contribution in [-0.2, 0) is 0 Å². The van der Waals surface area contributed by atoms with Gasteiger partial charge in [-0.25, -0.2) is 0 Å². The second-order valence-electron chi connectivity index (χ2n) is 5.25. The molecule has 0 aliphatic carbocycles. The Morgan fingerprint density at radius 3 is 2.55 bits per heavy atom. The second-order valence-corrected chi connectivity index (χ2v) is 5.66. The quantitative estimate of drug-likeness (QED) is 0.832. The number of likely N-dealkylation sites (N-methyl/N-ethyl adjacent to an activating group) is 1. The van der Waals surface area contributed by atoms with Crippen molar-refractivity contribution in [3.8, 4) is 11.1 Å². The highest BCUT2D eigenvalue weighted by Gasteiger charge is 2.14. The Labute approximate surface area is 125 Å². The normalized spacial score (nSPS) is 16.4. The molecule has 103 valence electrons. The zero-order chi connectivity index (χ0) is 13.9. The minimum Gasteiger partial charge on any atom is -0.369 e. The van der Waals surface area contributed by atoms with Gasteiger partial charge in [0.1, 0.15) is 0 Å². The summed E-state index contributed by atoms with van der Waals surface area (Å²) in [6.45, 7) is 4.35. The first-order valence-corrected chi connectivity index (χ1v) is 7.31. The standard InChI is InChI=1S/C17H18ClN2/c1-19-9-11-20(12-10-19)15-6-4-5-14(13-15)16-7-2-3-8-17(16)18/h2-3,5-8,13H,9-12H2,1H3. The Bertz CT molecular complexity index is 589. The van der Waals surface area contributed by atoms with Gasteiger partial charge in [-0.05, 0) is 42.9 Å². The van der Waals surface area contributed by atoms with E-state index >= 15 is 0 Å². The maximum absolute atomic E-state index is 6.28. The molecule has 0 aromatic heterocycles. The van der Waals surface area contributed by atoms with Crippen LogP contribution < -0.4 is 4.90 Å². The average molecular weight is 286 g/mol. The Kier molecular flexibility index (Phi) is 3.95. The smallest absolute Gasteiger partial charge is 0.0484 e. The summed E-state index contributed by atoms with van der Waals surface area (Å²) in [5.41, 5.74) is 3.43. The minimum absolute atomic E-state index is 0.788. The molecule has 20 heavy (non-hydrogen) atoms. The summed E-state index contributed by atoms with van der Waals surface area (Å²) >= 11 is 6.28. The SMILES string of the molecule is CN1CCN(c2c[c]cc(-c3ccccc3Cl)c2)CC1. The number of hydrogen-bond acceptors (Lipinski definition) is 2. The molecule has 1 saturated heterocycles. The van der Waals surface area contributed by atoms with Gasteiger partial charge >= 0.3 is 0 Å². The topological polar surface area (TPSA) is 6.48 Å². The molecule has 1 heterocycles. The highest BCUT2D eigenvalue weighted by molar-refractivity contribution is 6.33. The van der Waals surface area contributed by atoms with Crippen LogP contribution >= 0.6 is 11.6 Å². The van der Waals surface area contributed by atoms with E-state index in [4.69, 9.17) is 11.6 Å². The number of halogens is 1. The average Bonchev–Trinajstić information content (AvgIpc) is 2.49. The number of piperazine rings is 1. The second kappa shape index (κ2) is 5.86. The number of benzene rings is 2. The van der Waals surface area contributed by atoms with Gasteiger partial charge in [-0.1, -0.05) is 29.8 Å². The van der Waals surface area contributed by atoms with Crippen molar-refractivity contribution < 1.29 is 0 Å². The van der Waals surface area contributed by atoms with Crippen LogP contribution in [0.2, 0.25) is 5.02 Å². The summed E-state index contributed by atoms with van der Waals surface area (Å²) in [6, 6.07) is 17.5. The number of rotatable bonds is 2. The summed E-state index contributed by atoms with van der Waals surface area (Å²) in [4.78, 5) is 4.77. The maximum atomic E-state index is 6.28. The third-order valence-electron chi connectivity index (χ3n) is 3.83. The molecule has 0 spiro atoms. The molecule has 2 aromatic rings. The lowest BCUT2D eigenvalue weighted by atomic mass is 10.0. The predicted octanol–water partition coefficient (Wildman–Crippen LogP) is 3.56. The fourth-order valence-electron chi connectivity index (χ4n) is 2.56. The van der Waals surface area contributed by atoms with E-state index in [9.17, 15) is 0 Å². The Balaban J connectivity index is 1.88. The van der Waals surface area contributed by atoms with Gasteiger partial charge in [0.05, 0.1) is 0 Å². The van der Waals surface area contributed by atoms with Crippen molar-refractivity contribution >= 4 is 17.3 Å². The van der Waals surface area contributed by atoms with Crippen LogP contribution in [0.25, 0.3) is 11.1 Å². The molecular weight excluding hydrogens is 268 g/mol. The van der Waals surface area contributed by atoms with Crippen molar-refractivity contribution in [1.82, 2.24) is 4.90 Å². The molecule has 2 nitrogen and oxygen atoms in total.